The largest absolute Gasteiger partial charge is 0.444 e. The van der Waals surface area contributed by atoms with Crippen LogP contribution in [0.5, 0.6) is 0 Å². The predicted octanol–water partition coefficient (Wildman–Crippen LogP) is 3.89. The standard InChI is InChI=1S/C27H37N3O6/c1-27(2,3)36-26(35)28-16-10-8-6-4-5-7-9-11-18-12-13-19-20(17-18)25(34)30(24(19)33)21-14-15-22(31)29-23(21)32/h12-13,17,21H,4-11,14-16H2,1-3H3,(H,28,35)(H,29,31,32). The Morgan fingerprint density at radius 3 is 2.28 bits per heavy atom. The van der Waals surface area contributed by atoms with E-state index in [9.17, 15) is 24.0 Å². The Morgan fingerprint density at radius 1 is 0.972 bits per heavy atom. The Hall–Kier alpha value is -3.23. The van der Waals surface area contributed by atoms with Gasteiger partial charge in [-0.3, -0.25) is 29.4 Å². The first-order valence-electron chi connectivity index (χ1n) is 12.9. The summed E-state index contributed by atoms with van der Waals surface area (Å²) in [4.78, 5) is 61.9. The summed E-state index contributed by atoms with van der Waals surface area (Å²) in [5.74, 6) is -1.92. The number of nitrogens with zero attached hydrogens (tertiary/aromatic N) is 1. The number of imide groups is 2. The Bertz CT molecular complexity index is 1010. The monoisotopic (exact) mass is 499 g/mol. The molecule has 5 amide bonds. The van der Waals surface area contributed by atoms with Gasteiger partial charge in [0.1, 0.15) is 11.6 Å². The number of hydrogen-bond acceptors (Lipinski definition) is 6. The van der Waals surface area contributed by atoms with E-state index in [1.54, 1.807) is 12.1 Å². The zero-order valence-corrected chi connectivity index (χ0v) is 21.5. The molecular weight excluding hydrogens is 462 g/mol. The molecule has 196 valence electrons. The number of fused-ring (bicyclic) bond motifs is 1. The predicted molar refractivity (Wildman–Crippen MR) is 133 cm³/mol. The fraction of sp³-hybridized carbons (Fsp3) is 0.593. The maximum atomic E-state index is 12.9. The van der Waals surface area contributed by atoms with E-state index in [1.165, 1.54) is 0 Å². The van der Waals surface area contributed by atoms with Gasteiger partial charge in [0, 0.05) is 13.0 Å². The van der Waals surface area contributed by atoms with Gasteiger partial charge in [-0.25, -0.2) is 4.79 Å². The van der Waals surface area contributed by atoms with Crippen LogP contribution in [0.2, 0.25) is 0 Å². The van der Waals surface area contributed by atoms with Crippen LogP contribution in [0.25, 0.3) is 0 Å². The van der Waals surface area contributed by atoms with Gasteiger partial charge in [-0.05, 0) is 64.2 Å². The second-order valence-corrected chi connectivity index (χ2v) is 10.5. The third-order valence-corrected chi connectivity index (χ3v) is 6.31. The molecule has 0 bridgehead atoms. The van der Waals surface area contributed by atoms with Crippen molar-refractivity contribution in [2.45, 2.75) is 96.6 Å². The first-order valence-corrected chi connectivity index (χ1v) is 12.9. The van der Waals surface area contributed by atoms with E-state index in [0.29, 0.717) is 17.7 Å². The van der Waals surface area contributed by atoms with E-state index >= 15 is 0 Å². The summed E-state index contributed by atoms with van der Waals surface area (Å²) >= 11 is 0. The molecule has 9 heteroatoms. The average Bonchev–Trinajstić information content (AvgIpc) is 3.03. The lowest BCUT2D eigenvalue weighted by molar-refractivity contribution is -0.136. The van der Waals surface area contributed by atoms with Gasteiger partial charge in [0.25, 0.3) is 11.8 Å². The number of nitrogens with one attached hydrogen (secondary N) is 2. The molecule has 0 saturated carbocycles. The van der Waals surface area contributed by atoms with E-state index in [0.717, 1.165) is 61.8 Å². The van der Waals surface area contributed by atoms with E-state index < -0.39 is 29.4 Å². The molecule has 1 aromatic carbocycles. The number of aryl methyl sites for hydroxylation is 1. The van der Waals surface area contributed by atoms with Crippen molar-refractivity contribution in [1.82, 2.24) is 15.5 Å². The average molecular weight is 500 g/mol. The molecule has 0 aliphatic carbocycles. The number of unbranched alkanes of at least 4 members (excludes halogenated alkanes) is 6. The quantitative estimate of drug-likeness (QED) is 0.352. The Kier molecular flexibility index (Phi) is 9.23. The summed E-state index contributed by atoms with van der Waals surface area (Å²) in [6, 6.07) is 4.36. The van der Waals surface area contributed by atoms with Crippen molar-refractivity contribution in [2.24, 2.45) is 0 Å². The second-order valence-electron chi connectivity index (χ2n) is 10.5. The van der Waals surface area contributed by atoms with E-state index in [-0.39, 0.29) is 24.8 Å². The minimum atomic E-state index is -0.938. The number of carbonyl (C=O) groups excluding carboxylic acids is 5. The van der Waals surface area contributed by atoms with Crippen LogP contribution in [0.1, 0.15) is 105 Å². The number of carbonyl (C=O) groups is 5. The van der Waals surface area contributed by atoms with Crippen LogP contribution < -0.4 is 10.6 Å². The van der Waals surface area contributed by atoms with Crippen molar-refractivity contribution in [1.29, 1.82) is 0 Å². The lowest BCUT2D eigenvalue weighted by Crippen LogP contribution is -2.54. The first-order chi connectivity index (χ1) is 17.1. The first kappa shape index (κ1) is 27.4. The maximum absolute atomic E-state index is 12.9. The highest BCUT2D eigenvalue weighted by molar-refractivity contribution is 6.23. The highest BCUT2D eigenvalue weighted by atomic mass is 16.6. The third kappa shape index (κ3) is 7.38. The number of benzene rings is 1. The van der Waals surface area contributed by atoms with Crippen molar-refractivity contribution in [2.75, 3.05) is 6.54 Å². The Labute approximate surface area is 212 Å². The summed E-state index contributed by atoms with van der Waals surface area (Å²) in [5, 5.41) is 4.99. The van der Waals surface area contributed by atoms with Gasteiger partial charge in [0.05, 0.1) is 11.1 Å². The third-order valence-electron chi connectivity index (χ3n) is 6.31. The Balaban J connectivity index is 1.34. The van der Waals surface area contributed by atoms with Gasteiger partial charge >= 0.3 is 6.09 Å². The molecule has 1 unspecified atom stereocenters. The number of piperidine rings is 1. The molecule has 1 saturated heterocycles. The van der Waals surface area contributed by atoms with Crippen molar-refractivity contribution < 1.29 is 28.7 Å². The van der Waals surface area contributed by atoms with Crippen molar-refractivity contribution in [3.63, 3.8) is 0 Å². The number of rotatable bonds is 11. The van der Waals surface area contributed by atoms with Gasteiger partial charge in [-0.1, -0.05) is 38.2 Å². The molecule has 2 aliphatic rings. The van der Waals surface area contributed by atoms with Crippen molar-refractivity contribution in [3.8, 4) is 0 Å². The van der Waals surface area contributed by atoms with E-state index in [4.69, 9.17) is 4.74 Å². The molecule has 1 fully saturated rings. The van der Waals surface area contributed by atoms with Gasteiger partial charge < -0.3 is 10.1 Å². The van der Waals surface area contributed by atoms with Crippen LogP contribution in [0.4, 0.5) is 4.79 Å². The zero-order chi connectivity index (χ0) is 26.3. The SMILES string of the molecule is CC(C)(C)OC(=O)NCCCCCCCCCc1ccc2c(c1)C(=O)N(C1CCC(=O)NC1=O)C2=O. The molecule has 2 aliphatic heterocycles. The Morgan fingerprint density at radius 2 is 1.61 bits per heavy atom. The summed E-state index contributed by atoms with van der Waals surface area (Å²) in [5.41, 5.74) is 1.16. The van der Waals surface area contributed by atoms with Gasteiger partial charge in [0.2, 0.25) is 11.8 Å². The van der Waals surface area contributed by atoms with Crippen LogP contribution in [-0.4, -0.2) is 52.8 Å². The number of alkyl carbamates (subject to hydrolysis) is 1. The molecule has 1 atom stereocenters. The van der Waals surface area contributed by atoms with Crippen LogP contribution in [0, 0.1) is 0 Å². The van der Waals surface area contributed by atoms with Crippen LogP contribution in [0.15, 0.2) is 18.2 Å². The summed E-state index contributed by atoms with van der Waals surface area (Å²) < 4.78 is 5.21. The summed E-state index contributed by atoms with van der Waals surface area (Å²) in [7, 11) is 0. The highest BCUT2D eigenvalue weighted by Crippen LogP contribution is 2.28. The lowest BCUT2D eigenvalue weighted by Gasteiger charge is -2.27. The minimum absolute atomic E-state index is 0.109. The van der Waals surface area contributed by atoms with Gasteiger partial charge in [-0.15, -0.1) is 0 Å². The maximum Gasteiger partial charge on any atom is 0.407 e. The van der Waals surface area contributed by atoms with Gasteiger partial charge in [-0.2, -0.15) is 0 Å². The van der Waals surface area contributed by atoms with E-state index in [2.05, 4.69) is 10.6 Å². The van der Waals surface area contributed by atoms with Crippen molar-refractivity contribution in [3.05, 3.63) is 34.9 Å². The summed E-state index contributed by atoms with van der Waals surface area (Å²) in [6.07, 6.45) is 8.10. The molecule has 36 heavy (non-hydrogen) atoms. The lowest BCUT2D eigenvalue weighted by atomic mass is 10.0. The smallest absolute Gasteiger partial charge is 0.407 e. The van der Waals surface area contributed by atoms with Crippen molar-refractivity contribution >= 4 is 29.7 Å². The molecule has 1 aromatic rings. The minimum Gasteiger partial charge on any atom is -0.444 e. The molecule has 9 nitrogen and oxygen atoms in total. The number of hydrogen-bond donors (Lipinski definition) is 2. The molecule has 0 radical (unpaired) electrons. The van der Waals surface area contributed by atoms with Crippen LogP contribution in [0.3, 0.4) is 0 Å². The van der Waals surface area contributed by atoms with E-state index in [1.807, 2.05) is 26.8 Å². The molecule has 2 N–H and O–H groups in total. The topological polar surface area (TPSA) is 122 Å². The van der Waals surface area contributed by atoms with Crippen LogP contribution in [-0.2, 0) is 20.7 Å². The molecule has 2 heterocycles. The van der Waals surface area contributed by atoms with Crippen LogP contribution >= 0.6 is 0 Å². The molecular formula is C27H37N3O6. The number of amides is 5. The number of ether oxygens (including phenoxy) is 1. The molecule has 0 aromatic heterocycles. The second kappa shape index (κ2) is 12.1. The summed E-state index contributed by atoms with van der Waals surface area (Å²) in [6.45, 7) is 6.15. The highest BCUT2D eigenvalue weighted by Gasteiger charge is 2.44. The molecule has 0 spiro atoms. The molecule has 3 rings (SSSR count). The zero-order valence-electron chi connectivity index (χ0n) is 21.5. The van der Waals surface area contributed by atoms with Gasteiger partial charge in [0.15, 0.2) is 0 Å². The normalized spacial score (nSPS) is 17.8. The fourth-order valence-electron chi connectivity index (χ4n) is 4.52. The fourth-order valence-corrected chi connectivity index (χ4v) is 4.52.